The molecule has 0 unspecified atom stereocenters. The van der Waals surface area contributed by atoms with E-state index >= 15 is 0 Å². The molecule has 0 fully saturated rings. The van der Waals surface area contributed by atoms with Gasteiger partial charge in [0.2, 0.25) is 0 Å². The van der Waals surface area contributed by atoms with Crippen LogP contribution in [0.5, 0.6) is 0 Å². The Morgan fingerprint density at radius 2 is 2.06 bits per heavy atom. The summed E-state index contributed by atoms with van der Waals surface area (Å²) in [6, 6.07) is 9.93. The first-order valence-electron chi connectivity index (χ1n) is 4.59. The first-order chi connectivity index (χ1) is 7.66. The average Bonchev–Trinajstić information content (AvgIpc) is 2.61. The predicted molar refractivity (Wildman–Crippen MR) is 68.8 cm³/mol. The molecule has 0 amide bonds. The van der Waals surface area contributed by atoms with Gasteiger partial charge in [0.1, 0.15) is 5.69 Å². The van der Waals surface area contributed by atoms with E-state index in [1.807, 2.05) is 30.3 Å². The Labute approximate surface area is 108 Å². The van der Waals surface area contributed by atoms with E-state index in [1.165, 1.54) is 11.3 Å². The van der Waals surface area contributed by atoms with Crippen LogP contribution in [0.25, 0.3) is 0 Å². The van der Waals surface area contributed by atoms with Crippen molar-refractivity contribution in [2.45, 2.75) is 10.6 Å². The van der Waals surface area contributed by atoms with Gasteiger partial charge >= 0.3 is 0 Å². The van der Waals surface area contributed by atoms with E-state index in [9.17, 15) is 4.79 Å². The first kappa shape index (κ1) is 11.6. The molecular formula is C11H8ClNOS2. The number of carbonyl (C=O) groups excluding carboxylic acids is 1. The molecule has 0 atom stereocenters. The number of thiol groups is 1. The van der Waals surface area contributed by atoms with Crippen LogP contribution in [0.15, 0.2) is 34.5 Å². The second kappa shape index (κ2) is 4.99. The van der Waals surface area contributed by atoms with Gasteiger partial charge in [0.25, 0.3) is 5.24 Å². The lowest BCUT2D eigenvalue weighted by Gasteiger charge is -1.95. The quantitative estimate of drug-likeness (QED) is 0.684. The van der Waals surface area contributed by atoms with Crippen LogP contribution in [0.4, 0.5) is 0 Å². The highest BCUT2D eigenvalue weighted by Gasteiger charge is 2.13. The largest absolute Gasteiger partial charge is 0.274 e. The second-order valence-corrected chi connectivity index (χ2v) is 5.37. The van der Waals surface area contributed by atoms with E-state index in [2.05, 4.69) is 17.6 Å². The highest BCUT2D eigenvalue weighted by molar-refractivity contribution is 7.83. The van der Waals surface area contributed by atoms with Crippen LogP contribution in [0.2, 0.25) is 0 Å². The Balaban J connectivity index is 2.23. The molecule has 2 aromatic rings. The molecule has 1 heterocycles. The zero-order chi connectivity index (χ0) is 11.5. The van der Waals surface area contributed by atoms with Crippen LogP contribution in [0.1, 0.15) is 21.1 Å². The van der Waals surface area contributed by atoms with E-state index in [0.29, 0.717) is 10.6 Å². The summed E-state index contributed by atoms with van der Waals surface area (Å²) in [5.74, 6) is 0. The lowest BCUT2D eigenvalue weighted by atomic mass is 10.2. The zero-order valence-electron chi connectivity index (χ0n) is 8.18. The van der Waals surface area contributed by atoms with Gasteiger partial charge in [-0.3, -0.25) is 4.79 Å². The van der Waals surface area contributed by atoms with Crippen molar-refractivity contribution < 1.29 is 4.79 Å². The van der Waals surface area contributed by atoms with E-state index in [1.54, 1.807) is 0 Å². The van der Waals surface area contributed by atoms with E-state index in [4.69, 9.17) is 11.6 Å². The number of hydrogen-bond acceptors (Lipinski definition) is 4. The van der Waals surface area contributed by atoms with Gasteiger partial charge in [-0.15, -0.1) is 24.0 Å². The minimum absolute atomic E-state index is 0.251. The SMILES string of the molecule is O=C(Cl)c1nc(Cc2ccccc2)sc1S. The van der Waals surface area contributed by atoms with Gasteiger partial charge in [-0.05, 0) is 17.2 Å². The number of hydrogen-bond donors (Lipinski definition) is 1. The number of aromatic nitrogens is 1. The molecule has 5 heteroatoms. The third-order valence-corrected chi connectivity index (χ3v) is 3.56. The fourth-order valence-corrected chi connectivity index (χ4v) is 2.89. The fraction of sp³-hybridized carbons (Fsp3) is 0.0909. The molecule has 82 valence electrons. The van der Waals surface area contributed by atoms with Gasteiger partial charge in [-0.2, -0.15) is 0 Å². The molecule has 0 bridgehead atoms. The Kier molecular flexibility index (Phi) is 3.63. The van der Waals surface area contributed by atoms with Crippen molar-refractivity contribution in [1.29, 1.82) is 0 Å². The standard InChI is InChI=1S/C11H8ClNOS2/c12-10(14)9-11(15)16-8(13-9)6-7-4-2-1-3-5-7/h1-5,15H,6H2. The zero-order valence-corrected chi connectivity index (χ0v) is 10.6. The summed E-state index contributed by atoms with van der Waals surface area (Å²) in [7, 11) is 0. The normalized spacial score (nSPS) is 10.4. The maximum absolute atomic E-state index is 11.0. The van der Waals surface area contributed by atoms with Crippen LogP contribution in [0.3, 0.4) is 0 Å². The lowest BCUT2D eigenvalue weighted by molar-refractivity contribution is 0.107. The summed E-state index contributed by atoms with van der Waals surface area (Å²) in [6.45, 7) is 0. The number of benzene rings is 1. The fourth-order valence-electron chi connectivity index (χ4n) is 1.33. The summed E-state index contributed by atoms with van der Waals surface area (Å²) >= 11 is 10.9. The number of carbonyl (C=O) groups is 1. The molecule has 2 nitrogen and oxygen atoms in total. The molecule has 0 spiro atoms. The molecule has 0 aliphatic carbocycles. The van der Waals surface area contributed by atoms with E-state index in [-0.39, 0.29) is 5.69 Å². The predicted octanol–water partition coefficient (Wildman–Crippen LogP) is 3.40. The van der Waals surface area contributed by atoms with Gasteiger partial charge in [-0.1, -0.05) is 30.3 Å². The molecule has 1 aromatic carbocycles. The molecule has 0 saturated heterocycles. The van der Waals surface area contributed by atoms with Gasteiger partial charge in [-0.25, -0.2) is 4.98 Å². The van der Waals surface area contributed by atoms with Crippen molar-refractivity contribution in [3.05, 3.63) is 46.6 Å². The van der Waals surface area contributed by atoms with Crippen LogP contribution in [-0.4, -0.2) is 10.2 Å². The molecule has 0 saturated carbocycles. The van der Waals surface area contributed by atoms with Crippen LogP contribution >= 0.6 is 35.6 Å². The number of nitrogens with zero attached hydrogens (tertiary/aromatic N) is 1. The lowest BCUT2D eigenvalue weighted by Crippen LogP contribution is -1.92. The summed E-state index contributed by atoms with van der Waals surface area (Å²) in [5.41, 5.74) is 1.40. The Morgan fingerprint density at radius 3 is 2.62 bits per heavy atom. The summed E-state index contributed by atoms with van der Waals surface area (Å²) < 4.78 is 0.575. The molecule has 1 aromatic heterocycles. The van der Waals surface area contributed by atoms with Crippen molar-refractivity contribution in [1.82, 2.24) is 4.98 Å². The van der Waals surface area contributed by atoms with E-state index < -0.39 is 5.24 Å². The van der Waals surface area contributed by atoms with Crippen molar-refractivity contribution in [3.8, 4) is 0 Å². The topological polar surface area (TPSA) is 30.0 Å². The maximum atomic E-state index is 11.0. The second-order valence-electron chi connectivity index (χ2n) is 3.20. The third-order valence-electron chi connectivity index (χ3n) is 2.04. The van der Waals surface area contributed by atoms with Gasteiger partial charge in [0.15, 0.2) is 0 Å². The Bertz CT molecular complexity index is 510. The first-order valence-corrected chi connectivity index (χ1v) is 6.23. The molecule has 0 radical (unpaired) electrons. The maximum Gasteiger partial charge on any atom is 0.272 e. The van der Waals surface area contributed by atoms with Crippen LogP contribution in [-0.2, 0) is 6.42 Å². The summed E-state index contributed by atoms with van der Waals surface area (Å²) in [5, 5.41) is 0.292. The van der Waals surface area contributed by atoms with Gasteiger partial charge < -0.3 is 0 Å². The highest BCUT2D eigenvalue weighted by atomic mass is 35.5. The number of rotatable bonds is 3. The molecule has 0 aliphatic heterocycles. The average molecular weight is 270 g/mol. The minimum Gasteiger partial charge on any atom is -0.274 e. The Hall–Kier alpha value is -0.840. The van der Waals surface area contributed by atoms with E-state index in [0.717, 1.165) is 10.6 Å². The molecule has 16 heavy (non-hydrogen) atoms. The highest BCUT2D eigenvalue weighted by Crippen LogP contribution is 2.25. The van der Waals surface area contributed by atoms with Crippen molar-refractivity contribution in [3.63, 3.8) is 0 Å². The minimum atomic E-state index is -0.555. The summed E-state index contributed by atoms with van der Waals surface area (Å²) in [4.78, 5) is 15.2. The van der Waals surface area contributed by atoms with Crippen molar-refractivity contribution in [2.75, 3.05) is 0 Å². The number of halogens is 1. The van der Waals surface area contributed by atoms with Crippen LogP contribution < -0.4 is 0 Å². The van der Waals surface area contributed by atoms with Crippen molar-refractivity contribution >= 4 is 40.8 Å². The monoisotopic (exact) mass is 269 g/mol. The van der Waals surface area contributed by atoms with Crippen LogP contribution in [0, 0.1) is 0 Å². The Morgan fingerprint density at radius 1 is 1.38 bits per heavy atom. The smallest absolute Gasteiger partial charge is 0.272 e. The third kappa shape index (κ3) is 2.64. The van der Waals surface area contributed by atoms with Crippen molar-refractivity contribution in [2.24, 2.45) is 0 Å². The van der Waals surface area contributed by atoms with Gasteiger partial charge in [0.05, 0.1) is 9.22 Å². The molecule has 0 N–H and O–H groups in total. The molecule has 0 aliphatic rings. The molecule has 2 rings (SSSR count). The molecular weight excluding hydrogens is 262 g/mol. The van der Waals surface area contributed by atoms with Gasteiger partial charge in [0, 0.05) is 6.42 Å². The number of thiazole rings is 1. The summed E-state index contributed by atoms with van der Waals surface area (Å²) in [6.07, 6.45) is 0.698.